The van der Waals surface area contributed by atoms with Crippen LogP contribution in [0, 0.1) is 0 Å². The van der Waals surface area contributed by atoms with Crippen LogP contribution >= 0.6 is 0 Å². The summed E-state index contributed by atoms with van der Waals surface area (Å²) in [6.07, 6.45) is 0. The van der Waals surface area contributed by atoms with E-state index in [0.29, 0.717) is 17.9 Å². The molecule has 0 saturated carbocycles. The first kappa shape index (κ1) is 18.4. The summed E-state index contributed by atoms with van der Waals surface area (Å²) in [6, 6.07) is 8.32. The third-order valence-electron chi connectivity index (χ3n) is 4.83. The molecule has 0 spiro atoms. The fourth-order valence-corrected chi connectivity index (χ4v) is 3.18. The second-order valence-corrected chi connectivity index (χ2v) is 6.64. The molecule has 26 heavy (non-hydrogen) atoms. The van der Waals surface area contributed by atoms with Crippen molar-refractivity contribution in [2.24, 2.45) is 0 Å². The highest BCUT2D eigenvalue weighted by atomic mass is 16.5. The van der Waals surface area contributed by atoms with Crippen LogP contribution in [-0.2, 0) is 6.54 Å². The quantitative estimate of drug-likeness (QED) is 0.822. The summed E-state index contributed by atoms with van der Waals surface area (Å²) in [6.45, 7) is 9.81. The SMILES string of the molecule is CCN1CCN(Cc2cc(C(=O)NC(C)c3ccccc3O)no2)CC1. The number of carbonyl (C=O) groups excluding carboxylic acids is 1. The van der Waals surface area contributed by atoms with Gasteiger partial charge in [0.05, 0.1) is 12.6 Å². The lowest BCUT2D eigenvalue weighted by atomic mass is 10.1. The minimum absolute atomic E-state index is 0.160. The Hall–Kier alpha value is -2.38. The Labute approximate surface area is 153 Å². The lowest BCUT2D eigenvalue weighted by Gasteiger charge is -2.33. The summed E-state index contributed by atoms with van der Waals surface area (Å²) in [5.74, 6) is 0.536. The molecule has 1 aliphatic heterocycles. The van der Waals surface area contributed by atoms with Crippen LogP contribution in [-0.4, -0.2) is 58.7 Å². The number of phenolic OH excluding ortho intramolecular Hbond substituents is 1. The van der Waals surface area contributed by atoms with Gasteiger partial charge in [-0.25, -0.2) is 0 Å². The third kappa shape index (κ3) is 4.42. The van der Waals surface area contributed by atoms with Gasteiger partial charge in [-0.05, 0) is 19.5 Å². The number of benzene rings is 1. The van der Waals surface area contributed by atoms with E-state index in [9.17, 15) is 9.90 Å². The van der Waals surface area contributed by atoms with Crippen molar-refractivity contribution < 1.29 is 14.4 Å². The van der Waals surface area contributed by atoms with E-state index < -0.39 is 0 Å². The number of aromatic nitrogens is 1. The second-order valence-electron chi connectivity index (χ2n) is 6.64. The number of hydrogen-bond donors (Lipinski definition) is 2. The number of hydrogen-bond acceptors (Lipinski definition) is 6. The van der Waals surface area contributed by atoms with Crippen LogP contribution in [0.2, 0.25) is 0 Å². The zero-order valence-electron chi connectivity index (χ0n) is 15.3. The first-order valence-electron chi connectivity index (χ1n) is 9.06. The zero-order valence-corrected chi connectivity index (χ0v) is 15.3. The lowest BCUT2D eigenvalue weighted by Crippen LogP contribution is -2.45. The molecule has 3 rings (SSSR count). The van der Waals surface area contributed by atoms with Crippen molar-refractivity contribution in [1.82, 2.24) is 20.3 Å². The van der Waals surface area contributed by atoms with Gasteiger partial charge in [0, 0.05) is 37.8 Å². The van der Waals surface area contributed by atoms with Gasteiger partial charge in [-0.2, -0.15) is 0 Å². The molecule has 1 fully saturated rings. The van der Waals surface area contributed by atoms with Crippen LogP contribution in [0.15, 0.2) is 34.9 Å². The van der Waals surface area contributed by atoms with Crippen LogP contribution in [0.4, 0.5) is 0 Å². The van der Waals surface area contributed by atoms with Crippen molar-refractivity contribution >= 4 is 5.91 Å². The molecule has 2 N–H and O–H groups in total. The number of amides is 1. The van der Waals surface area contributed by atoms with Gasteiger partial charge in [0.1, 0.15) is 5.75 Å². The number of piperazine rings is 1. The molecule has 0 radical (unpaired) electrons. The van der Waals surface area contributed by atoms with Crippen LogP contribution < -0.4 is 5.32 Å². The smallest absolute Gasteiger partial charge is 0.273 e. The molecule has 7 heteroatoms. The number of nitrogens with one attached hydrogen (secondary N) is 1. The number of carbonyl (C=O) groups is 1. The van der Waals surface area contributed by atoms with E-state index in [2.05, 4.69) is 27.2 Å². The van der Waals surface area contributed by atoms with Gasteiger partial charge in [-0.1, -0.05) is 30.3 Å². The summed E-state index contributed by atoms with van der Waals surface area (Å²) >= 11 is 0. The average molecular weight is 358 g/mol. The molecule has 1 amide bonds. The monoisotopic (exact) mass is 358 g/mol. The van der Waals surface area contributed by atoms with E-state index >= 15 is 0 Å². The summed E-state index contributed by atoms with van der Waals surface area (Å²) in [5, 5.41) is 16.6. The molecule has 1 unspecified atom stereocenters. The maximum absolute atomic E-state index is 12.4. The highest BCUT2D eigenvalue weighted by molar-refractivity contribution is 5.92. The minimum atomic E-state index is -0.328. The van der Waals surface area contributed by atoms with Gasteiger partial charge in [0.15, 0.2) is 11.5 Å². The Kier molecular flexibility index (Phi) is 5.90. The van der Waals surface area contributed by atoms with Crippen LogP contribution in [0.25, 0.3) is 0 Å². The normalized spacial score (nSPS) is 17.2. The molecule has 2 aromatic rings. The molecule has 1 aromatic heterocycles. The summed E-state index contributed by atoms with van der Waals surface area (Å²) in [7, 11) is 0. The van der Waals surface area contributed by atoms with E-state index in [1.807, 2.05) is 13.0 Å². The van der Waals surface area contributed by atoms with Crippen molar-refractivity contribution in [1.29, 1.82) is 0 Å². The Balaban J connectivity index is 1.55. The molecular weight excluding hydrogens is 332 g/mol. The Morgan fingerprint density at radius 2 is 1.96 bits per heavy atom. The molecule has 0 aliphatic carbocycles. The van der Waals surface area contributed by atoms with Crippen LogP contribution in [0.5, 0.6) is 5.75 Å². The highest BCUT2D eigenvalue weighted by Gasteiger charge is 2.20. The van der Waals surface area contributed by atoms with E-state index in [4.69, 9.17) is 4.52 Å². The predicted octanol–water partition coefficient (Wildman–Crippen LogP) is 2.01. The Bertz CT molecular complexity index is 738. The largest absolute Gasteiger partial charge is 0.508 e. The van der Waals surface area contributed by atoms with Crippen molar-refractivity contribution in [3.8, 4) is 5.75 Å². The van der Waals surface area contributed by atoms with Crippen molar-refractivity contribution in [3.05, 3.63) is 47.3 Å². The number of nitrogens with zero attached hydrogens (tertiary/aromatic N) is 3. The fraction of sp³-hybridized carbons (Fsp3) is 0.474. The van der Waals surface area contributed by atoms with Gasteiger partial charge >= 0.3 is 0 Å². The molecule has 2 heterocycles. The van der Waals surface area contributed by atoms with Gasteiger partial charge in [-0.3, -0.25) is 9.69 Å². The predicted molar refractivity (Wildman–Crippen MR) is 97.9 cm³/mol. The zero-order chi connectivity index (χ0) is 18.5. The Morgan fingerprint density at radius 3 is 2.65 bits per heavy atom. The van der Waals surface area contributed by atoms with Gasteiger partial charge in [0.25, 0.3) is 5.91 Å². The molecule has 140 valence electrons. The van der Waals surface area contributed by atoms with Gasteiger partial charge in [-0.15, -0.1) is 0 Å². The summed E-state index contributed by atoms with van der Waals surface area (Å²) < 4.78 is 5.34. The molecule has 1 atom stereocenters. The lowest BCUT2D eigenvalue weighted by molar-refractivity contribution is 0.0930. The Morgan fingerprint density at radius 1 is 1.27 bits per heavy atom. The molecule has 1 saturated heterocycles. The topological polar surface area (TPSA) is 81.8 Å². The average Bonchev–Trinajstić information content (AvgIpc) is 3.11. The molecule has 7 nitrogen and oxygen atoms in total. The second kappa shape index (κ2) is 8.33. The maximum Gasteiger partial charge on any atom is 0.273 e. The fourth-order valence-electron chi connectivity index (χ4n) is 3.18. The molecular formula is C19H26N4O3. The summed E-state index contributed by atoms with van der Waals surface area (Å²) in [4.78, 5) is 17.1. The van der Waals surface area contributed by atoms with Crippen molar-refractivity contribution in [2.75, 3.05) is 32.7 Å². The van der Waals surface area contributed by atoms with Crippen LogP contribution in [0.3, 0.4) is 0 Å². The van der Waals surface area contributed by atoms with E-state index in [-0.39, 0.29) is 23.4 Å². The minimum Gasteiger partial charge on any atom is -0.508 e. The number of likely N-dealkylation sites (N-methyl/N-ethyl adjacent to an activating group) is 1. The van der Waals surface area contributed by atoms with E-state index in [1.165, 1.54) is 0 Å². The van der Waals surface area contributed by atoms with E-state index in [0.717, 1.165) is 32.7 Å². The molecule has 0 bridgehead atoms. The molecule has 1 aliphatic rings. The number of phenols is 1. The van der Waals surface area contributed by atoms with Gasteiger partial charge < -0.3 is 19.8 Å². The van der Waals surface area contributed by atoms with Crippen molar-refractivity contribution in [3.63, 3.8) is 0 Å². The molecule has 1 aromatic carbocycles. The van der Waals surface area contributed by atoms with Crippen molar-refractivity contribution in [2.45, 2.75) is 26.4 Å². The first-order valence-corrected chi connectivity index (χ1v) is 9.06. The standard InChI is InChI=1S/C19H26N4O3/c1-3-22-8-10-23(11-9-22)13-15-12-17(21-26-15)19(25)20-14(2)16-6-4-5-7-18(16)24/h4-7,12,14,24H,3,8-11,13H2,1-2H3,(H,20,25). The van der Waals surface area contributed by atoms with Crippen LogP contribution in [0.1, 0.15) is 41.7 Å². The number of rotatable bonds is 6. The van der Waals surface area contributed by atoms with Gasteiger partial charge in [0.2, 0.25) is 0 Å². The number of aromatic hydroxyl groups is 1. The number of para-hydroxylation sites is 1. The van der Waals surface area contributed by atoms with E-state index in [1.54, 1.807) is 24.3 Å². The summed E-state index contributed by atoms with van der Waals surface area (Å²) in [5.41, 5.74) is 0.924. The highest BCUT2D eigenvalue weighted by Crippen LogP contribution is 2.23. The first-order chi connectivity index (χ1) is 12.6. The third-order valence-corrected chi connectivity index (χ3v) is 4.83. The maximum atomic E-state index is 12.4.